The topological polar surface area (TPSA) is 93.1 Å². The molecule has 9 heteroatoms. The summed E-state index contributed by atoms with van der Waals surface area (Å²) in [5.74, 6) is -1.96. The molecule has 0 amide bonds. The van der Waals surface area contributed by atoms with E-state index in [2.05, 4.69) is 0 Å². The van der Waals surface area contributed by atoms with E-state index in [1.807, 2.05) is 0 Å². The summed E-state index contributed by atoms with van der Waals surface area (Å²) < 4.78 is 50.5. The molecule has 0 heterocycles. The number of carboxylic acid groups (broad SMARTS) is 1. The molecule has 2 aromatic carbocycles. The van der Waals surface area contributed by atoms with Gasteiger partial charge in [0.25, 0.3) is 10.0 Å². The lowest BCUT2D eigenvalue weighted by Gasteiger charge is -2.23. The highest BCUT2D eigenvalue weighted by Gasteiger charge is 2.28. The van der Waals surface area contributed by atoms with E-state index in [0.717, 1.165) is 18.2 Å². The normalized spacial score (nSPS) is 11.0. The Kier molecular flexibility index (Phi) is 6.04. The summed E-state index contributed by atoms with van der Waals surface area (Å²) >= 11 is 0. The van der Waals surface area contributed by atoms with E-state index in [9.17, 15) is 17.6 Å². The van der Waals surface area contributed by atoms with Crippen molar-refractivity contribution in [1.82, 2.24) is 0 Å². The van der Waals surface area contributed by atoms with Gasteiger partial charge in [0.1, 0.15) is 12.3 Å². The molecular formula is C17H18FNO6S. The number of sulfonamides is 1. The van der Waals surface area contributed by atoms with Crippen LogP contribution in [0.3, 0.4) is 0 Å². The predicted molar refractivity (Wildman–Crippen MR) is 92.7 cm³/mol. The number of anilines is 1. The molecule has 0 aliphatic rings. The molecule has 0 aliphatic heterocycles. The monoisotopic (exact) mass is 383 g/mol. The van der Waals surface area contributed by atoms with Gasteiger partial charge in [0.05, 0.1) is 24.3 Å². The third-order valence-corrected chi connectivity index (χ3v) is 5.18. The molecule has 0 spiro atoms. The Morgan fingerprint density at radius 3 is 2.54 bits per heavy atom. The summed E-state index contributed by atoms with van der Waals surface area (Å²) in [5.41, 5.74) is 0.0922. The number of hydrogen-bond donors (Lipinski definition) is 1. The van der Waals surface area contributed by atoms with Gasteiger partial charge in [0, 0.05) is 6.07 Å². The van der Waals surface area contributed by atoms with Crippen molar-refractivity contribution in [1.29, 1.82) is 0 Å². The van der Waals surface area contributed by atoms with Crippen LogP contribution in [0.25, 0.3) is 0 Å². The summed E-state index contributed by atoms with van der Waals surface area (Å²) in [4.78, 5) is 10.8. The third-order valence-electron chi connectivity index (χ3n) is 3.41. The highest BCUT2D eigenvalue weighted by molar-refractivity contribution is 7.92. The maximum atomic E-state index is 13.9. The number of halogens is 1. The van der Waals surface area contributed by atoms with Crippen molar-refractivity contribution >= 4 is 21.7 Å². The van der Waals surface area contributed by atoms with E-state index in [4.69, 9.17) is 14.6 Å². The van der Waals surface area contributed by atoms with Gasteiger partial charge in [-0.1, -0.05) is 6.07 Å². The van der Waals surface area contributed by atoms with E-state index >= 15 is 0 Å². The fourth-order valence-corrected chi connectivity index (χ4v) is 3.69. The maximum absolute atomic E-state index is 13.9. The molecule has 0 fully saturated rings. The number of aliphatic carboxylic acids is 1. The Balaban J connectivity index is 2.53. The average Bonchev–Trinajstić information content (AvgIpc) is 2.60. The van der Waals surface area contributed by atoms with Crippen LogP contribution < -0.4 is 13.8 Å². The molecule has 0 aliphatic carbocycles. The molecule has 26 heavy (non-hydrogen) atoms. The molecule has 2 aromatic rings. The lowest BCUT2D eigenvalue weighted by molar-refractivity contribution is -0.135. The van der Waals surface area contributed by atoms with Crippen molar-refractivity contribution in [3.63, 3.8) is 0 Å². The van der Waals surface area contributed by atoms with Gasteiger partial charge in [0.15, 0.2) is 11.6 Å². The Hall–Kier alpha value is -2.81. The predicted octanol–water partition coefficient (Wildman–Crippen LogP) is 2.51. The zero-order valence-electron chi connectivity index (χ0n) is 14.2. The van der Waals surface area contributed by atoms with Crippen LogP contribution >= 0.6 is 0 Å². The number of ether oxygens (including phenoxy) is 2. The second kappa shape index (κ2) is 8.05. The Bertz CT molecular complexity index is 900. The number of nitrogens with zero attached hydrogens (tertiary/aromatic N) is 1. The lowest BCUT2D eigenvalue weighted by atomic mass is 10.3. The van der Waals surface area contributed by atoms with Crippen molar-refractivity contribution in [2.75, 3.05) is 24.6 Å². The number of carbonyl (C=O) groups is 1. The van der Waals surface area contributed by atoms with Gasteiger partial charge in [-0.25, -0.2) is 12.8 Å². The second-order valence-corrected chi connectivity index (χ2v) is 6.99. The quantitative estimate of drug-likeness (QED) is 0.753. The standard InChI is InChI=1S/C17H18FNO6S/c1-3-25-13-6-4-5-12(9-13)19(11-17(20)21)26(22,23)14-7-8-16(24-2)15(18)10-14/h4-10H,3,11H2,1-2H3,(H,20,21). The first-order chi connectivity index (χ1) is 12.3. The zero-order chi connectivity index (χ0) is 19.3. The fraction of sp³-hybridized carbons (Fsp3) is 0.235. The number of methoxy groups -OCH3 is 1. The minimum absolute atomic E-state index is 0.0922. The summed E-state index contributed by atoms with van der Waals surface area (Å²) in [6.07, 6.45) is 0. The van der Waals surface area contributed by atoms with Crippen LogP contribution in [0.15, 0.2) is 47.4 Å². The van der Waals surface area contributed by atoms with Crippen LogP contribution in [-0.4, -0.2) is 39.8 Å². The molecule has 0 saturated carbocycles. The van der Waals surface area contributed by atoms with Crippen LogP contribution in [0.1, 0.15) is 6.92 Å². The third kappa shape index (κ3) is 4.23. The number of rotatable bonds is 8. The van der Waals surface area contributed by atoms with Gasteiger partial charge in [0.2, 0.25) is 0 Å². The largest absolute Gasteiger partial charge is 0.494 e. The number of carboxylic acids is 1. The molecule has 0 unspecified atom stereocenters. The number of hydrogen-bond acceptors (Lipinski definition) is 5. The SMILES string of the molecule is CCOc1cccc(N(CC(=O)O)S(=O)(=O)c2ccc(OC)c(F)c2)c1. The Morgan fingerprint density at radius 2 is 1.96 bits per heavy atom. The van der Waals surface area contributed by atoms with Crippen molar-refractivity contribution in [3.05, 3.63) is 48.3 Å². The first kappa shape index (κ1) is 19.5. The van der Waals surface area contributed by atoms with Crippen molar-refractivity contribution in [2.45, 2.75) is 11.8 Å². The minimum atomic E-state index is -4.33. The number of benzene rings is 2. The highest BCUT2D eigenvalue weighted by atomic mass is 32.2. The van der Waals surface area contributed by atoms with Crippen LogP contribution in [-0.2, 0) is 14.8 Å². The van der Waals surface area contributed by atoms with Gasteiger partial charge < -0.3 is 14.6 Å². The van der Waals surface area contributed by atoms with E-state index < -0.39 is 28.4 Å². The summed E-state index contributed by atoms with van der Waals surface area (Å²) in [6, 6.07) is 9.10. The molecule has 0 aromatic heterocycles. The molecule has 0 atom stereocenters. The van der Waals surface area contributed by atoms with Crippen LogP contribution in [0.2, 0.25) is 0 Å². The van der Waals surface area contributed by atoms with Gasteiger partial charge >= 0.3 is 5.97 Å². The average molecular weight is 383 g/mol. The smallest absolute Gasteiger partial charge is 0.324 e. The van der Waals surface area contributed by atoms with E-state index in [0.29, 0.717) is 16.7 Å². The van der Waals surface area contributed by atoms with Gasteiger partial charge in [-0.15, -0.1) is 0 Å². The molecule has 2 rings (SSSR count). The lowest BCUT2D eigenvalue weighted by Crippen LogP contribution is -2.35. The minimum Gasteiger partial charge on any atom is -0.494 e. The summed E-state index contributed by atoms with van der Waals surface area (Å²) in [5, 5.41) is 9.13. The van der Waals surface area contributed by atoms with Gasteiger partial charge in [-0.2, -0.15) is 0 Å². The van der Waals surface area contributed by atoms with Crippen molar-refractivity contribution in [3.8, 4) is 11.5 Å². The summed E-state index contributed by atoms with van der Waals surface area (Å²) in [6.45, 7) is 1.29. The molecule has 0 radical (unpaired) electrons. The summed E-state index contributed by atoms with van der Waals surface area (Å²) in [7, 11) is -3.07. The molecule has 0 bridgehead atoms. The Morgan fingerprint density at radius 1 is 1.23 bits per heavy atom. The highest BCUT2D eigenvalue weighted by Crippen LogP contribution is 2.29. The van der Waals surface area contributed by atoms with Crippen LogP contribution in [0.5, 0.6) is 11.5 Å². The van der Waals surface area contributed by atoms with Crippen molar-refractivity contribution in [2.24, 2.45) is 0 Å². The van der Waals surface area contributed by atoms with E-state index in [-0.39, 0.29) is 16.3 Å². The first-order valence-corrected chi connectivity index (χ1v) is 9.04. The Labute approximate surface area is 150 Å². The van der Waals surface area contributed by atoms with Gasteiger partial charge in [-0.05, 0) is 37.3 Å². The van der Waals surface area contributed by atoms with Crippen LogP contribution in [0, 0.1) is 5.82 Å². The first-order valence-electron chi connectivity index (χ1n) is 7.60. The van der Waals surface area contributed by atoms with Gasteiger partial charge in [-0.3, -0.25) is 9.10 Å². The second-order valence-electron chi connectivity index (χ2n) is 5.13. The molecular weight excluding hydrogens is 365 g/mol. The van der Waals surface area contributed by atoms with Crippen molar-refractivity contribution < 1.29 is 32.2 Å². The zero-order valence-corrected chi connectivity index (χ0v) is 15.0. The molecule has 1 N–H and O–H groups in total. The van der Waals surface area contributed by atoms with Crippen LogP contribution in [0.4, 0.5) is 10.1 Å². The van der Waals surface area contributed by atoms with E-state index in [1.165, 1.54) is 19.2 Å². The molecule has 7 nitrogen and oxygen atoms in total. The fourth-order valence-electron chi connectivity index (χ4n) is 2.27. The maximum Gasteiger partial charge on any atom is 0.324 e. The molecule has 0 saturated heterocycles. The molecule has 140 valence electrons. The van der Waals surface area contributed by atoms with E-state index in [1.54, 1.807) is 19.1 Å².